The predicted molar refractivity (Wildman–Crippen MR) is 90.5 cm³/mol. The fourth-order valence-corrected chi connectivity index (χ4v) is 2.77. The van der Waals surface area contributed by atoms with Crippen LogP contribution in [0.1, 0.15) is 23.2 Å². The molecule has 1 saturated heterocycles. The lowest BCUT2D eigenvalue weighted by atomic mass is 10.2. The van der Waals surface area contributed by atoms with Crippen LogP contribution >= 0.6 is 11.6 Å². The molecule has 3 rings (SSSR count). The van der Waals surface area contributed by atoms with Crippen LogP contribution in [0.15, 0.2) is 54.6 Å². The van der Waals surface area contributed by atoms with Gasteiger partial charge in [-0.15, -0.1) is 0 Å². The minimum absolute atomic E-state index is 0.0924. The van der Waals surface area contributed by atoms with Gasteiger partial charge in [-0.2, -0.15) is 0 Å². The van der Waals surface area contributed by atoms with Crippen molar-refractivity contribution < 1.29 is 9.59 Å². The number of amides is 2. The maximum Gasteiger partial charge on any atom is 0.259 e. The van der Waals surface area contributed by atoms with Crippen molar-refractivity contribution in [3.8, 4) is 0 Å². The van der Waals surface area contributed by atoms with Crippen LogP contribution < -0.4 is 4.90 Å². The number of hydrogen-bond donors (Lipinski definition) is 0. The van der Waals surface area contributed by atoms with Crippen LogP contribution in [0.25, 0.3) is 0 Å². The summed E-state index contributed by atoms with van der Waals surface area (Å²) in [7, 11) is 0. The van der Waals surface area contributed by atoms with Gasteiger partial charge < -0.3 is 4.90 Å². The summed E-state index contributed by atoms with van der Waals surface area (Å²) in [4.78, 5) is 28.2. The van der Waals surface area contributed by atoms with E-state index < -0.39 is 0 Å². The van der Waals surface area contributed by atoms with Crippen LogP contribution in [-0.2, 0) is 4.79 Å². The molecule has 1 fully saturated rings. The van der Waals surface area contributed by atoms with Crippen LogP contribution in [0.5, 0.6) is 0 Å². The van der Waals surface area contributed by atoms with Gasteiger partial charge in [0.2, 0.25) is 5.91 Å². The van der Waals surface area contributed by atoms with E-state index in [1.54, 1.807) is 34.1 Å². The summed E-state index contributed by atoms with van der Waals surface area (Å²) < 4.78 is 0. The molecule has 0 N–H and O–H groups in total. The number of halogens is 1. The highest BCUT2D eigenvalue weighted by Gasteiger charge is 2.26. The van der Waals surface area contributed by atoms with Gasteiger partial charge >= 0.3 is 0 Å². The van der Waals surface area contributed by atoms with Gasteiger partial charge in [0.1, 0.15) is 6.67 Å². The van der Waals surface area contributed by atoms with E-state index in [1.807, 2.05) is 30.3 Å². The van der Waals surface area contributed by atoms with E-state index in [2.05, 4.69) is 0 Å². The Balaban J connectivity index is 1.89. The first kappa shape index (κ1) is 15.6. The van der Waals surface area contributed by atoms with E-state index in [0.717, 1.165) is 12.1 Å². The highest BCUT2D eigenvalue weighted by atomic mass is 35.5. The van der Waals surface area contributed by atoms with Gasteiger partial charge in [-0.1, -0.05) is 29.8 Å². The molecule has 2 amide bonds. The lowest BCUT2D eigenvalue weighted by molar-refractivity contribution is -0.127. The summed E-state index contributed by atoms with van der Waals surface area (Å²) in [5.41, 5.74) is 1.32. The first-order valence-electron chi connectivity index (χ1n) is 7.55. The lowest BCUT2D eigenvalue weighted by Crippen LogP contribution is -2.42. The minimum Gasteiger partial charge on any atom is -0.324 e. The van der Waals surface area contributed by atoms with Crippen LogP contribution in [0.2, 0.25) is 5.02 Å². The molecule has 23 heavy (non-hydrogen) atoms. The predicted octanol–water partition coefficient (Wildman–Crippen LogP) is 3.57. The van der Waals surface area contributed by atoms with Gasteiger partial charge in [-0.05, 0) is 42.8 Å². The molecule has 1 aliphatic rings. The van der Waals surface area contributed by atoms with Gasteiger partial charge in [0.05, 0.1) is 0 Å². The zero-order chi connectivity index (χ0) is 16.2. The van der Waals surface area contributed by atoms with Gasteiger partial charge in [0.25, 0.3) is 5.91 Å². The summed E-state index contributed by atoms with van der Waals surface area (Å²) in [6.45, 7) is 0.959. The molecule has 0 atom stereocenters. The maximum atomic E-state index is 12.9. The van der Waals surface area contributed by atoms with Crippen LogP contribution in [0.3, 0.4) is 0 Å². The summed E-state index contributed by atoms with van der Waals surface area (Å²) in [5, 5.41) is 0.586. The summed E-state index contributed by atoms with van der Waals surface area (Å²) in [6, 6.07) is 16.2. The topological polar surface area (TPSA) is 40.6 Å². The number of carbonyl (C=O) groups is 2. The van der Waals surface area contributed by atoms with Crippen molar-refractivity contribution in [1.29, 1.82) is 0 Å². The number of rotatable bonds is 4. The number of likely N-dealkylation sites (tertiary alicyclic amines) is 1. The SMILES string of the molecule is O=C1CCCN1CN(C(=O)c1ccc(Cl)cc1)c1ccccc1. The number of carbonyl (C=O) groups excluding carboxylic acids is 2. The van der Waals surface area contributed by atoms with E-state index in [1.165, 1.54) is 0 Å². The molecule has 0 aliphatic carbocycles. The van der Waals surface area contributed by atoms with Gasteiger partial charge in [-0.3, -0.25) is 14.5 Å². The Labute approximate surface area is 140 Å². The fraction of sp³-hybridized carbons (Fsp3) is 0.222. The molecule has 118 valence electrons. The van der Waals surface area contributed by atoms with E-state index >= 15 is 0 Å². The molecule has 0 aromatic heterocycles. The molecule has 0 spiro atoms. The Morgan fingerprint density at radius 3 is 2.39 bits per heavy atom. The molecule has 1 aliphatic heterocycles. The first-order valence-corrected chi connectivity index (χ1v) is 7.93. The van der Waals surface area contributed by atoms with Crippen molar-refractivity contribution in [2.24, 2.45) is 0 Å². The molecule has 0 saturated carbocycles. The maximum absolute atomic E-state index is 12.9. The van der Waals surface area contributed by atoms with Crippen molar-refractivity contribution >= 4 is 29.1 Å². The third kappa shape index (κ3) is 3.54. The van der Waals surface area contributed by atoms with E-state index in [-0.39, 0.29) is 18.5 Å². The molecular formula is C18H17ClN2O2. The Morgan fingerprint density at radius 1 is 1.09 bits per heavy atom. The van der Waals surface area contributed by atoms with Gasteiger partial charge in [-0.25, -0.2) is 0 Å². The Kier molecular flexibility index (Phi) is 4.63. The highest BCUT2D eigenvalue weighted by molar-refractivity contribution is 6.30. The second-order valence-electron chi connectivity index (χ2n) is 5.48. The molecule has 4 nitrogen and oxygen atoms in total. The highest BCUT2D eigenvalue weighted by Crippen LogP contribution is 2.20. The molecule has 2 aromatic rings. The number of para-hydroxylation sites is 1. The van der Waals surface area contributed by atoms with E-state index in [0.29, 0.717) is 23.6 Å². The number of hydrogen-bond acceptors (Lipinski definition) is 2. The molecule has 1 heterocycles. The molecule has 0 unspecified atom stereocenters. The van der Waals surface area contributed by atoms with Crippen molar-refractivity contribution in [2.75, 3.05) is 18.1 Å². The van der Waals surface area contributed by atoms with E-state index in [4.69, 9.17) is 11.6 Å². The van der Waals surface area contributed by atoms with Crippen molar-refractivity contribution in [1.82, 2.24) is 4.90 Å². The lowest BCUT2D eigenvalue weighted by Gasteiger charge is -2.28. The average Bonchev–Trinajstić information content (AvgIpc) is 2.98. The normalized spacial score (nSPS) is 14.1. The average molecular weight is 329 g/mol. The molecule has 0 bridgehead atoms. The smallest absolute Gasteiger partial charge is 0.259 e. The zero-order valence-corrected chi connectivity index (χ0v) is 13.4. The molecule has 2 aromatic carbocycles. The fourth-order valence-electron chi connectivity index (χ4n) is 2.64. The zero-order valence-electron chi connectivity index (χ0n) is 12.6. The molecule has 5 heteroatoms. The van der Waals surface area contributed by atoms with Crippen molar-refractivity contribution in [3.05, 3.63) is 65.2 Å². The van der Waals surface area contributed by atoms with Crippen LogP contribution in [0, 0.1) is 0 Å². The first-order chi connectivity index (χ1) is 11.1. The monoisotopic (exact) mass is 328 g/mol. The van der Waals surface area contributed by atoms with Crippen molar-refractivity contribution in [3.63, 3.8) is 0 Å². The largest absolute Gasteiger partial charge is 0.324 e. The summed E-state index contributed by atoms with van der Waals surface area (Å²) in [5.74, 6) is -0.0533. The Bertz CT molecular complexity index is 701. The molecular weight excluding hydrogens is 312 g/mol. The Hall–Kier alpha value is -2.33. The summed E-state index contributed by atoms with van der Waals surface area (Å²) >= 11 is 5.89. The number of nitrogens with zero attached hydrogens (tertiary/aromatic N) is 2. The third-order valence-electron chi connectivity index (χ3n) is 3.89. The number of anilines is 1. The second kappa shape index (κ2) is 6.84. The van der Waals surface area contributed by atoms with Gasteiger partial charge in [0, 0.05) is 29.2 Å². The van der Waals surface area contributed by atoms with E-state index in [9.17, 15) is 9.59 Å². The van der Waals surface area contributed by atoms with Crippen LogP contribution in [-0.4, -0.2) is 29.9 Å². The number of benzene rings is 2. The molecule has 0 radical (unpaired) electrons. The third-order valence-corrected chi connectivity index (χ3v) is 4.14. The van der Waals surface area contributed by atoms with Crippen molar-refractivity contribution in [2.45, 2.75) is 12.8 Å². The quantitative estimate of drug-likeness (QED) is 0.861. The van der Waals surface area contributed by atoms with Gasteiger partial charge in [0.15, 0.2) is 0 Å². The minimum atomic E-state index is -0.146. The summed E-state index contributed by atoms with van der Waals surface area (Å²) in [6.07, 6.45) is 1.40. The Morgan fingerprint density at radius 2 is 1.78 bits per heavy atom. The van der Waals surface area contributed by atoms with Crippen LogP contribution in [0.4, 0.5) is 5.69 Å². The standard InChI is InChI=1S/C18H17ClN2O2/c19-15-10-8-14(9-11-15)18(23)21(16-5-2-1-3-6-16)13-20-12-4-7-17(20)22/h1-3,5-6,8-11H,4,7,12-13H2. The second-order valence-corrected chi connectivity index (χ2v) is 5.91.